The SMILES string of the molecule is O=C(NCc1ccccn1)c1ccc2c(=O)n3c(nc2c1)CCCC3. The molecule has 126 valence electrons. The largest absolute Gasteiger partial charge is 0.346 e. The first-order chi connectivity index (χ1) is 12.2. The lowest BCUT2D eigenvalue weighted by Crippen LogP contribution is -2.28. The molecule has 4 rings (SSSR count). The normalized spacial score (nSPS) is 13.4. The van der Waals surface area contributed by atoms with Crippen molar-refractivity contribution in [2.24, 2.45) is 0 Å². The van der Waals surface area contributed by atoms with Gasteiger partial charge in [0.05, 0.1) is 23.1 Å². The average molecular weight is 334 g/mol. The summed E-state index contributed by atoms with van der Waals surface area (Å²) in [5, 5.41) is 3.41. The van der Waals surface area contributed by atoms with E-state index in [2.05, 4.69) is 15.3 Å². The van der Waals surface area contributed by atoms with Crippen molar-refractivity contribution in [2.45, 2.75) is 32.4 Å². The second-order valence-electron chi connectivity index (χ2n) is 6.18. The standard InChI is InChI=1S/C19H18N4O2/c24-18(21-12-14-5-1-3-9-20-14)13-7-8-15-16(11-13)22-17-6-2-4-10-23(17)19(15)25/h1,3,5,7-9,11H,2,4,6,10,12H2,(H,21,24). The third-order valence-corrected chi connectivity index (χ3v) is 4.48. The second-order valence-corrected chi connectivity index (χ2v) is 6.18. The maximum atomic E-state index is 12.6. The lowest BCUT2D eigenvalue weighted by Gasteiger charge is -2.17. The third-order valence-electron chi connectivity index (χ3n) is 4.48. The van der Waals surface area contributed by atoms with Crippen LogP contribution in [-0.4, -0.2) is 20.4 Å². The Morgan fingerprint density at radius 2 is 2.12 bits per heavy atom. The molecule has 0 saturated heterocycles. The van der Waals surface area contributed by atoms with Crippen LogP contribution < -0.4 is 10.9 Å². The summed E-state index contributed by atoms with van der Waals surface area (Å²) in [7, 11) is 0. The monoisotopic (exact) mass is 334 g/mol. The number of aromatic nitrogens is 3. The van der Waals surface area contributed by atoms with Gasteiger partial charge in [-0.3, -0.25) is 19.1 Å². The molecule has 25 heavy (non-hydrogen) atoms. The third kappa shape index (κ3) is 3.03. The van der Waals surface area contributed by atoms with Crippen molar-refractivity contribution < 1.29 is 4.79 Å². The molecule has 3 aromatic rings. The summed E-state index contributed by atoms with van der Waals surface area (Å²) < 4.78 is 1.76. The summed E-state index contributed by atoms with van der Waals surface area (Å²) >= 11 is 0. The van der Waals surface area contributed by atoms with Crippen LogP contribution in [0.5, 0.6) is 0 Å². The van der Waals surface area contributed by atoms with Crippen molar-refractivity contribution in [3.8, 4) is 0 Å². The highest BCUT2D eigenvalue weighted by Gasteiger charge is 2.16. The van der Waals surface area contributed by atoms with Crippen molar-refractivity contribution >= 4 is 16.8 Å². The number of nitrogens with one attached hydrogen (secondary N) is 1. The molecule has 6 heteroatoms. The maximum absolute atomic E-state index is 12.6. The number of rotatable bonds is 3. The van der Waals surface area contributed by atoms with Gasteiger partial charge in [0, 0.05) is 24.7 Å². The molecular formula is C19H18N4O2. The fourth-order valence-electron chi connectivity index (χ4n) is 3.16. The van der Waals surface area contributed by atoms with Crippen molar-refractivity contribution in [3.05, 3.63) is 70.0 Å². The van der Waals surface area contributed by atoms with E-state index in [-0.39, 0.29) is 11.5 Å². The zero-order valence-corrected chi connectivity index (χ0v) is 13.7. The molecule has 0 bridgehead atoms. The van der Waals surface area contributed by atoms with Crippen molar-refractivity contribution in [1.29, 1.82) is 0 Å². The van der Waals surface area contributed by atoms with Gasteiger partial charge in [-0.25, -0.2) is 4.98 Å². The van der Waals surface area contributed by atoms with Crippen LogP contribution in [0.15, 0.2) is 47.4 Å². The van der Waals surface area contributed by atoms with Gasteiger partial charge in [-0.15, -0.1) is 0 Å². The molecule has 3 heterocycles. The van der Waals surface area contributed by atoms with Crippen LogP contribution in [0.25, 0.3) is 10.9 Å². The van der Waals surface area contributed by atoms with Crippen molar-refractivity contribution in [1.82, 2.24) is 19.9 Å². The van der Waals surface area contributed by atoms with E-state index in [1.165, 1.54) is 0 Å². The van der Waals surface area contributed by atoms with Gasteiger partial charge in [0.15, 0.2) is 0 Å². The van der Waals surface area contributed by atoms with E-state index in [1.54, 1.807) is 29.0 Å². The van der Waals surface area contributed by atoms with E-state index in [1.807, 2.05) is 18.2 Å². The number of benzene rings is 1. The summed E-state index contributed by atoms with van der Waals surface area (Å²) in [6, 6.07) is 10.6. The first kappa shape index (κ1) is 15.5. The van der Waals surface area contributed by atoms with Crippen molar-refractivity contribution in [3.63, 3.8) is 0 Å². The predicted octanol–water partition coefficient (Wildman–Crippen LogP) is 2.06. The van der Waals surface area contributed by atoms with Crippen LogP contribution in [0.4, 0.5) is 0 Å². The lowest BCUT2D eigenvalue weighted by atomic mass is 10.1. The fourth-order valence-corrected chi connectivity index (χ4v) is 3.16. The summed E-state index contributed by atoms with van der Waals surface area (Å²) in [5.74, 6) is 0.613. The van der Waals surface area contributed by atoms with Crippen LogP contribution in [0.3, 0.4) is 0 Å². The zero-order chi connectivity index (χ0) is 17.2. The molecule has 0 spiro atoms. The Hall–Kier alpha value is -3.02. The van der Waals surface area contributed by atoms with E-state index in [4.69, 9.17) is 0 Å². The van der Waals surface area contributed by atoms with Crippen LogP contribution in [0, 0.1) is 0 Å². The predicted molar refractivity (Wildman–Crippen MR) is 94.3 cm³/mol. The number of amides is 1. The molecule has 0 radical (unpaired) electrons. The Kier molecular flexibility index (Phi) is 4.01. The summed E-state index contributed by atoms with van der Waals surface area (Å²) in [5.41, 5.74) is 1.86. The van der Waals surface area contributed by atoms with Gasteiger partial charge >= 0.3 is 0 Å². The molecule has 1 aromatic carbocycles. The molecule has 1 amide bonds. The summed E-state index contributed by atoms with van der Waals surface area (Å²) in [6.07, 6.45) is 4.55. The number of hydrogen-bond donors (Lipinski definition) is 1. The number of carbonyl (C=O) groups is 1. The van der Waals surface area contributed by atoms with Crippen LogP contribution >= 0.6 is 0 Å². The number of aryl methyl sites for hydroxylation is 1. The molecular weight excluding hydrogens is 316 g/mol. The van der Waals surface area contributed by atoms with E-state index in [9.17, 15) is 9.59 Å². The van der Waals surface area contributed by atoms with Gasteiger partial charge in [0.1, 0.15) is 5.82 Å². The number of hydrogen-bond acceptors (Lipinski definition) is 4. The number of fused-ring (bicyclic) bond motifs is 2. The molecule has 0 unspecified atom stereocenters. The van der Waals surface area contributed by atoms with Gasteiger partial charge in [0.2, 0.25) is 0 Å². The Balaban J connectivity index is 1.62. The first-order valence-corrected chi connectivity index (χ1v) is 8.44. The van der Waals surface area contributed by atoms with E-state index in [0.29, 0.717) is 23.0 Å². The minimum absolute atomic E-state index is 0.0138. The number of carbonyl (C=O) groups excluding carboxylic acids is 1. The average Bonchev–Trinajstić information content (AvgIpc) is 2.67. The Labute approximate surface area is 144 Å². The van der Waals surface area contributed by atoms with Crippen LogP contribution in [-0.2, 0) is 19.5 Å². The molecule has 2 aromatic heterocycles. The molecule has 1 N–H and O–H groups in total. The van der Waals surface area contributed by atoms with Crippen LogP contribution in [0.1, 0.15) is 34.7 Å². The highest BCUT2D eigenvalue weighted by Crippen LogP contribution is 2.16. The molecule has 6 nitrogen and oxygen atoms in total. The minimum Gasteiger partial charge on any atom is -0.346 e. The lowest BCUT2D eigenvalue weighted by molar-refractivity contribution is 0.0950. The Bertz CT molecular complexity index is 995. The maximum Gasteiger partial charge on any atom is 0.261 e. The molecule has 1 aliphatic heterocycles. The number of pyridine rings is 1. The van der Waals surface area contributed by atoms with E-state index >= 15 is 0 Å². The van der Waals surface area contributed by atoms with Gasteiger partial charge in [0.25, 0.3) is 11.5 Å². The van der Waals surface area contributed by atoms with Gasteiger partial charge in [-0.1, -0.05) is 6.07 Å². The molecule has 0 aliphatic carbocycles. The Morgan fingerprint density at radius 3 is 2.96 bits per heavy atom. The Morgan fingerprint density at radius 1 is 1.20 bits per heavy atom. The molecule has 0 saturated carbocycles. The van der Waals surface area contributed by atoms with Crippen molar-refractivity contribution in [2.75, 3.05) is 0 Å². The fraction of sp³-hybridized carbons (Fsp3) is 0.263. The summed E-state index contributed by atoms with van der Waals surface area (Å²) in [6.45, 7) is 1.08. The zero-order valence-electron chi connectivity index (χ0n) is 13.7. The van der Waals surface area contributed by atoms with E-state index < -0.39 is 0 Å². The van der Waals surface area contributed by atoms with Gasteiger partial charge < -0.3 is 5.32 Å². The summed E-state index contributed by atoms with van der Waals surface area (Å²) in [4.78, 5) is 33.8. The first-order valence-electron chi connectivity index (χ1n) is 8.44. The second kappa shape index (κ2) is 6.47. The minimum atomic E-state index is -0.202. The van der Waals surface area contributed by atoms with E-state index in [0.717, 1.165) is 37.3 Å². The van der Waals surface area contributed by atoms with Crippen LogP contribution in [0.2, 0.25) is 0 Å². The smallest absolute Gasteiger partial charge is 0.261 e. The molecule has 0 fully saturated rings. The molecule has 1 aliphatic rings. The quantitative estimate of drug-likeness (QED) is 0.795. The van der Waals surface area contributed by atoms with Gasteiger partial charge in [-0.05, 0) is 43.2 Å². The number of nitrogens with zero attached hydrogens (tertiary/aromatic N) is 3. The highest BCUT2D eigenvalue weighted by molar-refractivity contribution is 5.97. The topological polar surface area (TPSA) is 76.9 Å². The highest BCUT2D eigenvalue weighted by atomic mass is 16.1. The molecule has 0 atom stereocenters. The van der Waals surface area contributed by atoms with Gasteiger partial charge in [-0.2, -0.15) is 0 Å².